The van der Waals surface area contributed by atoms with E-state index in [-0.39, 0.29) is 38.3 Å². The number of allylic oxidation sites excluding steroid dienone is 1. The maximum atomic E-state index is 13.4. The molecule has 0 unspecified atom stereocenters. The molecule has 0 spiro atoms. The fourth-order valence-corrected chi connectivity index (χ4v) is 5.32. The summed E-state index contributed by atoms with van der Waals surface area (Å²) in [5.74, 6) is -0.621. The minimum absolute atomic E-state index is 0.0464. The number of aliphatic hydroxyl groups is 3. The van der Waals surface area contributed by atoms with Gasteiger partial charge in [-0.15, -0.1) is 0 Å². The molecule has 1 fully saturated rings. The van der Waals surface area contributed by atoms with Crippen molar-refractivity contribution in [2.75, 3.05) is 33.4 Å². The van der Waals surface area contributed by atoms with Crippen molar-refractivity contribution >= 4 is 11.8 Å². The lowest BCUT2D eigenvalue weighted by atomic mass is 9.77. The third kappa shape index (κ3) is 5.52. The lowest BCUT2D eigenvalue weighted by molar-refractivity contribution is -0.134. The van der Waals surface area contributed by atoms with Crippen molar-refractivity contribution in [3.05, 3.63) is 46.6 Å². The van der Waals surface area contributed by atoms with Crippen LogP contribution in [0.2, 0.25) is 0 Å². The summed E-state index contributed by atoms with van der Waals surface area (Å²) in [7, 11) is 1.48. The van der Waals surface area contributed by atoms with Crippen LogP contribution in [0.3, 0.4) is 0 Å². The minimum atomic E-state index is -1.16. The van der Waals surface area contributed by atoms with Gasteiger partial charge in [0.2, 0.25) is 11.8 Å². The number of carbonyl (C=O) groups is 2. The number of nitrogens with zero attached hydrogens (tertiary/aromatic N) is 1. The van der Waals surface area contributed by atoms with E-state index in [9.17, 15) is 24.9 Å². The Balaban J connectivity index is 1.80. The zero-order valence-electron chi connectivity index (χ0n) is 21.5. The topological polar surface area (TPSA) is 138 Å². The zero-order chi connectivity index (χ0) is 26.7. The Kier molecular flexibility index (Phi) is 8.53. The summed E-state index contributed by atoms with van der Waals surface area (Å²) in [4.78, 5) is 28.2. The molecule has 2 aliphatic heterocycles. The van der Waals surface area contributed by atoms with E-state index in [1.165, 1.54) is 13.2 Å². The maximum absolute atomic E-state index is 13.4. The van der Waals surface area contributed by atoms with Crippen molar-refractivity contribution in [1.82, 2.24) is 10.2 Å². The predicted octanol–water partition coefficient (Wildman–Crippen LogP) is 0.784. The smallest absolute Gasteiger partial charge is 0.247 e. The second kappa shape index (κ2) is 11.6. The highest BCUT2D eigenvalue weighted by Crippen LogP contribution is 2.51. The zero-order valence-corrected chi connectivity index (χ0v) is 21.5. The highest BCUT2D eigenvalue weighted by atomic mass is 16.5. The first-order valence-electron chi connectivity index (χ1n) is 12.6. The summed E-state index contributed by atoms with van der Waals surface area (Å²) in [5.41, 5.74) is 2.30. The van der Waals surface area contributed by atoms with Gasteiger partial charge >= 0.3 is 0 Å². The van der Waals surface area contributed by atoms with E-state index in [2.05, 4.69) is 5.32 Å². The van der Waals surface area contributed by atoms with Crippen molar-refractivity contribution in [3.8, 4) is 11.5 Å². The molecule has 4 N–H and O–H groups in total. The fraction of sp³-hybridized carbons (Fsp3) is 0.556. The summed E-state index contributed by atoms with van der Waals surface area (Å²) in [6.07, 6.45) is 2.61. The van der Waals surface area contributed by atoms with Crippen LogP contribution in [0.1, 0.15) is 43.7 Å². The lowest BCUT2D eigenvalue weighted by Crippen LogP contribution is -2.56. The fourth-order valence-electron chi connectivity index (χ4n) is 5.32. The molecule has 0 radical (unpaired) electrons. The molecular formula is C27H36N2O8. The van der Waals surface area contributed by atoms with E-state index in [0.717, 1.165) is 18.4 Å². The summed E-state index contributed by atoms with van der Waals surface area (Å²) >= 11 is 0. The number of methoxy groups -OCH3 is 1. The standard InChI is InChI=1S/C27H36N2O8/c1-15(2)9-22(32)29(13-17-5-4-8-36-17)20-12-19(27(34)28-6-7-30)23-18-10-16(14-31)11-21(35-3)25(18)37-26(23)24(20)33/h9-12,17,20,23-24,26,30-31,33H,4-8,13-14H2,1-3H3,(H,28,34)/t17-,20+,23-,24-,26-/m0/s1. The Morgan fingerprint density at radius 3 is 2.68 bits per heavy atom. The first-order valence-corrected chi connectivity index (χ1v) is 12.6. The van der Waals surface area contributed by atoms with Crippen molar-refractivity contribution in [2.24, 2.45) is 0 Å². The van der Waals surface area contributed by atoms with Gasteiger partial charge in [-0.1, -0.05) is 5.57 Å². The van der Waals surface area contributed by atoms with Crippen LogP contribution < -0.4 is 14.8 Å². The number of hydrogen-bond donors (Lipinski definition) is 4. The number of hydrogen-bond acceptors (Lipinski definition) is 8. The van der Waals surface area contributed by atoms with Crippen LogP contribution >= 0.6 is 0 Å². The van der Waals surface area contributed by atoms with Crippen molar-refractivity contribution in [2.45, 2.75) is 63.6 Å². The number of nitrogens with one attached hydrogen (secondary N) is 1. The van der Waals surface area contributed by atoms with Crippen molar-refractivity contribution in [3.63, 3.8) is 0 Å². The molecule has 0 aromatic heterocycles. The summed E-state index contributed by atoms with van der Waals surface area (Å²) in [6, 6.07) is 2.53. The molecule has 2 amide bonds. The van der Waals surface area contributed by atoms with E-state index < -0.39 is 30.1 Å². The van der Waals surface area contributed by atoms with Crippen molar-refractivity contribution in [1.29, 1.82) is 0 Å². The molecule has 1 aromatic rings. The molecule has 1 aromatic carbocycles. The van der Waals surface area contributed by atoms with Gasteiger partial charge in [-0.2, -0.15) is 0 Å². The maximum Gasteiger partial charge on any atom is 0.247 e. The van der Waals surface area contributed by atoms with Crippen LogP contribution in [-0.4, -0.2) is 89.8 Å². The van der Waals surface area contributed by atoms with E-state index in [4.69, 9.17) is 14.2 Å². The molecule has 4 rings (SSSR count). The number of carbonyl (C=O) groups excluding carboxylic acids is 2. The first kappa shape index (κ1) is 27.1. The van der Waals surface area contributed by atoms with Gasteiger partial charge in [-0.25, -0.2) is 0 Å². The summed E-state index contributed by atoms with van der Waals surface area (Å²) in [6.45, 7) is 4.08. The van der Waals surface area contributed by atoms with Crippen LogP contribution in [0.5, 0.6) is 11.5 Å². The average molecular weight is 517 g/mol. The third-order valence-electron chi connectivity index (χ3n) is 6.97. The monoisotopic (exact) mass is 516 g/mol. The van der Waals surface area contributed by atoms with Gasteiger partial charge in [0.05, 0.1) is 38.4 Å². The normalized spacial score (nSPS) is 25.9. The Bertz CT molecular complexity index is 1070. The van der Waals surface area contributed by atoms with Gasteiger partial charge in [0.1, 0.15) is 12.2 Å². The molecule has 37 heavy (non-hydrogen) atoms. The van der Waals surface area contributed by atoms with Crippen LogP contribution in [0.15, 0.2) is 35.4 Å². The summed E-state index contributed by atoms with van der Waals surface area (Å²) in [5, 5.41) is 33.4. The van der Waals surface area contributed by atoms with Crippen LogP contribution in [0.4, 0.5) is 0 Å². The molecule has 2 heterocycles. The Morgan fingerprint density at radius 2 is 2.05 bits per heavy atom. The second-order valence-electron chi connectivity index (χ2n) is 9.86. The van der Waals surface area contributed by atoms with E-state index in [1.807, 2.05) is 13.8 Å². The predicted molar refractivity (Wildman–Crippen MR) is 134 cm³/mol. The SMILES string of the molecule is COc1cc(CO)cc2c1O[C@@H]1[C@@H](O)[C@H](N(C[C@@H]3CCCO3)C(=O)C=C(C)C)C=C(C(=O)NCCO)[C@H]21. The molecule has 202 valence electrons. The number of benzene rings is 1. The Morgan fingerprint density at radius 1 is 1.27 bits per heavy atom. The van der Waals surface area contributed by atoms with Gasteiger partial charge in [0, 0.05) is 36.9 Å². The average Bonchev–Trinajstić information content (AvgIpc) is 3.53. The van der Waals surface area contributed by atoms with Gasteiger partial charge in [-0.05, 0) is 50.5 Å². The van der Waals surface area contributed by atoms with Crippen molar-refractivity contribution < 1.29 is 39.1 Å². The number of amides is 2. The molecular weight excluding hydrogens is 480 g/mol. The molecule has 1 saturated heterocycles. The number of fused-ring (bicyclic) bond motifs is 3. The molecule has 10 nitrogen and oxygen atoms in total. The molecule has 1 aliphatic carbocycles. The summed E-state index contributed by atoms with van der Waals surface area (Å²) < 4.78 is 17.5. The highest BCUT2D eigenvalue weighted by Gasteiger charge is 2.51. The molecule has 0 bridgehead atoms. The molecule has 5 atom stereocenters. The van der Waals surface area contributed by atoms with Gasteiger partial charge < -0.3 is 39.7 Å². The van der Waals surface area contributed by atoms with Gasteiger partial charge in [-0.3, -0.25) is 9.59 Å². The van der Waals surface area contributed by atoms with E-state index in [1.54, 1.807) is 23.1 Å². The minimum Gasteiger partial charge on any atom is -0.493 e. The van der Waals surface area contributed by atoms with Crippen LogP contribution in [0, 0.1) is 0 Å². The quantitative estimate of drug-likeness (QED) is 0.354. The largest absolute Gasteiger partial charge is 0.493 e. The van der Waals surface area contributed by atoms with Crippen LogP contribution in [0.25, 0.3) is 0 Å². The highest BCUT2D eigenvalue weighted by molar-refractivity contribution is 5.96. The van der Waals surface area contributed by atoms with Gasteiger partial charge in [0.15, 0.2) is 11.5 Å². The first-order chi connectivity index (χ1) is 17.8. The number of aliphatic hydroxyl groups excluding tert-OH is 3. The van der Waals surface area contributed by atoms with E-state index in [0.29, 0.717) is 34.8 Å². The Hall–Kier alpha value is -2.92. The number of rotatable bonds is 9. The molecule has 0 saturated carbocycles. The third-order valence-corrected chi connectivity index (χ3v) is 6.97. The lowest BCUT2D eigenvalue weighted by Gasteiger charge is -2.41. The van der Waals surface area contributed by atoms with E-state index >= 15 is 0 Å². The van der Waals surface area contributed by atoms with Crippen LogP contribution in [-0.2, 0) is 20.9 Å². The molecule has 3 aliphatic rings. The van der Waals surface area contributed by atoms with Gasteiger partial charge in [0.25, 0.3) is 0 Å². The molecule has 10 heteroatoms. The number of ether oxygens (including phenoxy) is 3. The Labute approximate surface area is 216 Å². The second-order valence-corrected chi connectivity index (χ2v) is 9.86.